The molecule has 0 unspecified atom stereocenters. The van der Waals surface area contributed by atoms with E-state index >= 15 is 0 Å². The number of halogens is 1. The largest absolute Gasteiger partial charge is 0.314 e. The number of unbranched alkanes of at least 4 members (excludes halogenated alkanes) is 1. The SMILES string of the molecule is O=S(=O)(CCCCNC1CC1)Nc1cccc(Br)c1. The number of nitrogens with one attached hydrogen (secondary N) is 2. The lowest BCUT2D eigenvalue weighted by Crippen LogP contribution is -2.20. The number of hydrogen-bond acceptors (Lipinski definition) is 3. The minimum absolute atomic E-state index is 0.172. The van der Waals surface area contributed by atoms with Crippen LogP contribution in [-0.4, -0.2) is 26.8 Å². The predicted molar refractivity (Wildman–Crippen MR) is 81.8 cm³/mol. The van der Waals surface area contributed by atoms with E-state index in [2.05, 4.69) is 26.0 Å². The highest BCUT2D eigenvalue weighted by molar-refractivity contribution is 9.10. The summed E-state index contributed by atoms with van der Waals surface area (Å²) in [5.41, 5.74) is 0.602. The van der Waals surface area contributed by atoms with Crippen LogP contribution in [0.15, 0.2) is 28.7 Å². The second-order valence-electron chi connectivity index (χ2n) is 4.87. The average Bonchev–Trinajstić information content (AvgIpc) is 3.11. The Morgan fingerprint density at radius 3 is 2.74 bits per heavy atom. The fraction of sp³-hybridized carbons (Fsp3) is 0.538. The molecular formula is C13H19BrN2O2S. The summed E-state index contributed by atoms with van der Waals surface area (Å²) in [6.45, 7) is 0.914. The monoisotopic (exact) mass is 346 g/mol. The molecule has 1 aromatic carbocycles. The van der Waals surface area contributed by atoms with E-state index in [1.165, 1.54) is 12.8 Å². The molecule has 0 spiro atoms. The molecule has 106 valence electrons. The molecule has 1 fully saturated rings. The Kier molecular flexibility index (Phi) is 5.24. The Labute approximate surface area is 123 Å². The number of sulfonamides is 1. The molecule has 2 N–H and O–H groups in total. The first-order valence-electron chi connectivity index (χ1n) is 6.55. The minimum atomic E-state index is -3.24. The van der Waals surface area contributed by atoms with Crippen molar-refractivity contribution in [3.05, 3.63) is 28.7 Å². The molecule has 6 heteroatoms. The number of hydrogen-bond donors (Lipinski definition) is 2. The molecule has 4 nitrogen and oxygen atoms in total. The summed E-state index contributed by atoms with van der Waals surface area (Å²) in [6.07, 6.45) is 4.12. The van der Waals surface area contributed by atoms with E-state index in [0.29, 0.717) is 18.2 Å². The van der Waals surface area contributed by atoms with Gasteiger partial charge < -0.3 is 5.32 Å². The second-order valence-corrected chi connectivity index (χ2v) is 7.62. The molecule has 0 aromatic heterocycles. The summed E-state index contributed by atoms with van der Waals surface area (Å²) in [5, 5.41) is 3.38. The molecule has 1 aromatic rings. The summed E-state index contributed by atoms with van der Waals surface area (Å²) in [6, 6.07) is 7.86. The highest BCUT2D eigenvalue weighted by atomic mass is 79.9. The van der Waals surface area contributed by atoms with Gasteiger partial charge in [0.15, 0.2) is 0 Å². The van der Waals surface area contributed by atoms with Gasteiger partial charge in [-0.25, -0.2) is 8.42 Å². The van der Waals surface area contributed by atoms with Gasteiger partial charge in [0.05, 0.1) is 5.75 Å². The van der Waals surface area contributed by atoms with Crippen LogP contribution in [0.3, 0.4) is 0 Å². The van der Waals surface area contributed by atoms with Crippen molar-refractivity contribution in [3.8, 4) is 0 Å². The Hall–Kier alpha value is -0.590. The van der Waals surface area contributed by atoms with Crippen molar-refractivity contribution in [3.63, 3.8) is 0 Å². The maximum Gasteiger partial charge on any atom is 0.232 e. The Morgan fingerprint density at radius 2 is 2.05 bits per heavy atom. The van der Waals surface area contributed by atoms with Crippen molar-refractivity contribution < 1.29 is 8.42 Å². The molecule has 0 saturated heterocycles. The lowest BCUT2D eigenvalue weighted by atomic mass is 10.3. The fourth-order valence-corrected chi connectivity index (χ4v) is 3.36. The maximum atomic E-state index is 11.9. The summed E-state index contributed by atoms with van der Waals surface area (Å²) in [7, 11) is -3.24. The lowest BCUT2D eigenvalue weighted by molar-refractivity contribution is 0.591. The molecule has 2 rings (SSSR count). The van der Waals surface area contributed by atoms with Crippen LogP contribution in [0.4, 0.5) is 5.69 Å². The van der Waals surface area contributed by atoms with Crippen LogP contribution in [0.5, 0.6) is 0 Å². The Bertz CT molecular complexity index is 515. The van der Waals surface area contributed by atoms with E-state index in [1.807, 2.05) is 12.1 Å². The fourth-order valence-electron chi connectivity index (χ4n) is 1.79. The van der Waals surface area contributed by atoms with E-state index in [1.54, 1.807) is 12.1 Å². The zero-order valence-electron chi connectivity index (χ0n) is 10.7. The van der Waals surface area contributed by atoms with Crippen molar-refractivity contribution in [2.45, 2.75) is 31.7 Å². The van der Waals surface area contributed by atoms with Crippen LogP contribution in [-0.2, 0) is 10.0 Å². The van der Waals surface area contributed by atoms with Crippen LogP contribution in [0, 0.1) is 0 Å². The molecule has 1 saturated carbocycles. The maximum absolute atomic E-state index is 11.9. The van der Waals surface area contributed by atoms with Gasteiger partial charge in [-0.15, -0.1) is 0 Å². The molecule has 0 heterocycles. The van der Waals surface area contributed by atoms with Crippen molar-refractivity contribution >= 4 is 31.6 Å². The van der Waals surface area contributed by atoms with E-state index in [-0.39, 0.29) is 5.75 Å². The zero-order chi connectivity index (χ0) is 13.7. The normalized spacial score (nSPS) is 15.4. The van der Waals surface area contributed by atoms with Gasteiger partial charge in [0.1, 0.15) is 0 Å². The van der Waals surface area contributed by atoms with Crippen LogP contribution in [0.2, 0.25) is 0 Å². The first kappa shape index (κ1) is 14.8. The summed E-state index contributed by atoms with van der Waals surface area (Å²) in [5.74, 6) is 0.172. The summed E-state index contributed by atoms with van der Waals surface area (Å²) in [4.78, 5) is 0. The van der Waals surface area contributed by atoms with Crippen molar-refractivity contribution in [2.24, 2.45) is 0 Å². The quantitative estimate of drug-likeness (QED) is 0.711. The molecule has 1 aliphatic carbocycles. The number of rotatable bonds is 8. The van der Waals surface area contributed by atoms with Crippen molar-refractivity contribution in [1.82, 2.24) is 5.32 Å². The predicted octanol–water partition coefficient (Wildman–Crippen LogP) is 2.72. The molecular weight excluding hydrogens is 328 g/mol. The summed E-state index contributed by atoms with van der Waals surface area (Å²) < 4.78 is 27.2. The zero-order valence-corrected chi connectivity index (χ0v) is 13.1. The number of benzene rings is 1. The smallest absolute Gasteiger partial charge is 0.232 e. The van der Waals surface area contributed by atoms with Crippen LogP contribution in [0.1, 0.15) is 25.7 Å². The van der Waals surface area contributed by atoms with Gasteiger partial charge in [0, 0.05) is 16.2 Å². The number of anilines is 1. The molecule has 0 aliphatic heterocycles. The topological polar surface area (TPSA) is 58.2 Å². The van der Waals surface area contributed by atoms with E-state index < -0.39 is 10.0 Å². The van der Waals surface area contributed by atoms with Gasteiger partial charge in [-0.3, -0.25) is 4.72 Å². The standard InChI is InChI=1S/C13H19BrN2O2S/c14-11-4-3-5-13(10-11)16-19(17,18)9-2-1-8-15-12-6-7-12/h3-5,10,12,15-16H,1-2,6-9H2. The molecule has 19 heavy (non-hydrogen) atoms. The van der Waals surface area contributed by atoms with Crippen molar-refractivity contribution in [1.29, 1.82) is 0 Å². The average molecular weight is 347 g/mol. The van der Waals surface area contributed by atoms with Gasteiger partial charge in [-0.2, -0.15) is 0 Å². The third-order valence-corrected chi connectivity index (χ3v) is 4.81. The third kappa shape index (κ3) is 5.93. The summed E-state index contributed by atoms with van der Waals surface area (Å²) >= 11 is 3.32. The van der Waals surface area contributed by atoms with Crippen molar-refractivity contribution in [2.75, 3.05) is 17.0 Å². The third-order valence-electron chi connectivity index (χ3n) is 2.95. The minimum Gasteiger partial charge on any atom is -0.314 e. The van der Waals surface area contributed by atoms with E-state index in [0.717, 1.165) is 17.4 Å². The first-order valence-corrected chi connectivity index (χ1v) is 8.99. The lowest BCUT2D eigenvalue weighted by Gasteiger charge is -2.08. The molecule has 0 radical (unpaired) electrons. The van der Waals surface area contributed by atoms with Gasteiger partial charge in [0.2, 0.25) is 10.0 Å². The molecule has 0 amide bonds. The van der Waals surface area contributed by atoms with Gasteiger partial charge in [-0.05, 0) is 50.4 Å². The van der Waals surface area contributed by atoms with E-state index in [9.17, 15) is 8.42 Å². The highest BCUT2D eigenvalue weighted by Gasteiger charge is 2.19. The first-order chi connectivity index (χ1) is 9.05. The molecule has 0 atom stereocenters. The molecule has 0 bridgehead atoms. The van der Waals surface area contributed by atoms with Gasteiger partial charge >= 0.3 is 0 Å². The van der Waals surface area contributed by atoms with Crippen LogP contribution in [0.25, 0.3) is 0 Å². The van der Waals surface area contributed by atoms with Crippen LogP contribution < -0.4 is 10.0 Å². The Balaban J connectivity index is 1.71. The molecule has 1 aliphatic rings. The highest BCUT2D eigenvalue weighted by Crippen LogP contribution is 2.19. The van der Waals surface area contributed by atoms with Gasteiger partial charge in [0.25, 0.3) is 0 Å². The van der Waals surface area contributed by atoms with Gasteiger partial charge in [-0.1, -0.05) is 22.0 Å². The second kappa shape index (κ2) is 6.72. The van der Waals surface area contributed by atoms with Crippen LogP contribution >= 0.6 is 15.9 Å². The Morgan fingerprint density at radius 1 is 1.26 bits per heavy atom. The van der Waals surface area contributed by atoms with E-state index in [4.69, 9.17) is 0 Å².